The van der Waals surface area contributed by atoms with E-state index in [1.807, 2.05) is 12.1 Å². The molecule has 0 amide bonds. The van der Waals surface area contributed by atoms with Gasteiger partial charge in [0.2, 0.25) is 6.79 Å². The first-order valence-corrected chi connectivity index (χ1v) is 7.80. The second-order valence-electron chi connectivity index (χ2n) is 5.91. The predicted molar refractivity (Wildman–Crippen MR) is 87.4 cm³/mol. The molecule has 0 unspecified atom stereocenters. The van der Waals surface area contributed by atoms with E-state index >= 15 is 0 Å². The molecule has 5 nitrogen and oxygen atoms in total. The second kappa shape index (κ2) is 4.84. The van der Waals surface area contributed by atoms with Gasteiger partial charge in [0, 0.05) is 17.1 Å². The number of nitrogens with zero attached hydrogens (tertiary/aromatic N) is 2. The van der Waals surface area contributed by atoms with Crippen LogP contribution < -0.4 is 14.8 Å². The molecule has 2 aliphatic rings. The van der Waals surface area contributed by atoms with Crippen molar-refractivity contribution < 1.29 is 9.47 Å². The minimum Gasteiger partial charge on any atom is -0.454 e. The topological polar surface area (TPSA) is 56.3 Å². The highest BCUT2D eigenvalue weighted by atomic mass is 16.7. The Morgan fingerprint density at radius 1 is 0.913 bits per heavy atom. The highest BCUT2D eigenvalue weighted by molar-refractivity contribution is 5.93. The number of nitrogens with one attached hydrogen (secondary N) is 1. The first kappa shape index (κ1) is 12.7. The molecule has 1 aromatic heterocycles. The number of benzene rings is 2. The van der Waals surface area contributed by atoms with Gasteiger partial charge in [0.25, 0.3) is 0 Å². The van der Waals surface area contributed by atoms with Crippen LogP contribution in [-0.2, 0) is 12.8 Å². The van der Waals surface area contributed by atoms with Gasteiger partial charge in [0.15, 0.2) is 11.5 Å². The molecule has 2 heterocycles. The van der Waals surface area contributed by atoms with Gasteiger partial charge in [-0.1, -0.05) is 6.07 Å². The van der Waals surface area contributed by atoms with Crippen LogP contribution in [0.1, 0.15) is 17.5 Å². The van der Waals surface area contributed by atoms with E-state index in [2.05, 4.69) is 33.5 Å². The summed E-state index contributed by atoms with van der Waals surface area (Å²) in [5, 5.41) is 4.35. The quantitative estimate of drug-likeness (QED) is 0.784. The summed E-state index contributed by atoms with van der Waals surface area (Å²) in [7, 11) is 0. The maximum atomic E-state index is 5.47. The zero-order chi connectivity index (χ0) is 15.2. The van der Waals surface area contributed by atoms with Crippen molar-refractivity contribution in [1.82, 2.24) is 9.97 Å². The van der Waals surface area contributed by atoms with E-state index in [1.54, 1.807) is 6.33 Å². The van der Waals surface area contributed by atoms with Crippen LogP contribution in [0.3, 0.4) is 0 Å². The first-order valence-electron chi connectivity index (χ1n) is 7.80. The maximum absolute atomic E-state index is 5.47. The standard InChI is InChI=1S/C18H15N3O2/c1-2-11-4-5-13(6-12(11)3-1)21-18-14-7-16-17(23-10-22-16)8-15(14)19-9-20-18/h4-9H,1-3,10H2,(H,19,20,21). The smallest absolute Gasteiger partial charge is 0.231 e. The summed E-state index contributed by atoms with van der Waals surface area (Å²) in [5.41, 5.74) is 4.80. The third-order valence-corrected chi connectivity index (χ3v) is 4.49. The molecule has 1 N–H and O–H groups in total. The Hall–Kier alpha value is -2.82. The highest BCUT2D eigenvalue weighted by Gasteiger charge is 2.17. The summed E-state index contributed by atoms with van der Waals surface area (Å²) in [5.74, 6) is 2.26. The molecule has 3 aromatic rings. The van der Waals surface area contributed by atoms with Crippen LogP contribution in [0, 0.1) is 0 Å². The number of fused-ring (bicyclic) bond motifs is 3. The Labute approximate surface area is 133 Å². The van der Waals surface area contributed by atoms with Gasteiger partial charge in [-0.25, -0.2) is 9.97 Å². The van der Waals surface area contributed by atoms with Crippen molar-refractivity contribution in [2.24, 2.45) is 0 Å². The van der Waals surface area contributed by atoms with Gasteiger partial charge in [-0.2, -0.15) is 0 Å². The van der Waals surface area contributed by atoms with Crippen LogP contribution in [0.2, 0.25) is 0 Å². The lowest BCUT2D eigenvalue weighted by Crippen LogP contribution is -1.97. The van der Waals surface area contributed by atoms with Gasteiger partial charge >= 0.3 is 0 Å². The Balaban J connectivity index is 1.57. The summed E-state index contributed by atoms with van der Waals surface area (Å²) < 4.78 is 10.9. The van der Waals surface area contributed by atoms with Crippen LogP contribution >= 0.6 is 0 Å². The molecule has 1 aliphatic carbocycles. The fourth-order valence-corrected chi connectivity index (χ4v) is 3.33. The van der Waals surface area contributed by atoms with Crippen LogP contribution in [0.4, 0.5) is 11.5 Å². The van der Waals surface area contributed by atoms with Crippen LogP contribution in [0.25, 0.3) is 10.9 Å². The zero-order valence-electron chi connectivity index (χ0n) is 12.5. The average Bonchev–Trinajstić information content (AvgIpc) is 3.21. The van der Waals surface area contributed by atoms with Gasteiger partial charge < -0.3 is 14.8 Å². The van der Waals surface area contributed by atoms with Gasteiger partial charge in [0.1, 0.15) is 12.1 Å². The third-order valence-electron chi connectivity index (χ3n) is 4.49. The molecule has 2 aromatic carbocycles. The summed E-state index contributed by atoms with van der Waals surface area (Å²) in [6.45, 7) is 0.257. The number of aromatic nitrogens is 2. The number of anilines is 2. The van der Waals surface area contributed by atoms with E-state index in [0.29, 0.717) is 0 Å². The maximum Gasteiger partial charge on any atom is 0.231 e. The average molecular weight is 305 g/mol. The Morgan fingerprint density at radius 2 is 1.78 bits per heavy atom. The van der Waals surface area contributed by atoms with Gasteiger partial charge in [-0.15, -0.1) is 0 Å². The number of hydrogen-bond acceptors (Lipinski definition) is 5. The lowest BCUT2D eigenvalue weighted by atomic mass is 10.1. The summed E-state index contributed by atoms with van der Waals surface area (Å²) in [6, 6.07) is 10.4. The summed E-state index contributed by atoms with van der Waals surface area (Å²) >= 11 is 0. The molecule has 23 heavy (non-hydrogen) atoms. The van der Waals surface area contributed by atoms with Crippen LogP contribution in [0.5, 0.6) is 11.5 Å². The minimum atomic E-state index is 0.257. The number of aryl methyl sites for hydroxylation is 2. The Morgan fingerprint density at radius 3 is 2.74 bits per heavy atom. The van der Waals surface area contributed by atoms with Crippen molar-refractivity contribution in [2.75, 3.05) is 12.1 Å². The predicted octanol–water partition coefficient (Wildman–Crippen LogP) is 3.59. The first-order chi connectivity index (χ1) is 11.4. The Kier molecular flexibility index (Phi) is 2.67. The van der Waals surface area contributed by atoms with Crippen LogP contribution in [0.15, 0.2) is 36.7 Å². The number of hydrogen-bond donors (Lipinski definition) is 1. The van der Waals surface area contributed by atoms with Crippen molar-refractivity contribution >= 4 is 22.4 Å². The van der Waals surface area contributed by atoms with Crippen molar-refractivity contribution in [3.63, 3.8) is 0 Å². The molecule has 0 atom stereocenters. The molecule has 0 saturated carbocycles. The van der Waals surface area contributed by atoms with Gasteiger partial charge in [-0.05, 0) is 48.6 Å². The third kappa shape index (κ3) is 2.08. The molecule has 5 rings (SSSR count). The second-order valence-corrected chi connectivity index (χ2v) is 5.91. The summed E-state index contributed by atoms with van der Waals surface area (Å²) in [6.07, 6.45) is 5.17. The molecule has 0 bridgehead atoms. The number of ether oxygens (including phenoxy) is 2. The van der Waals surface area contributed by atoms with E-state index in [0.717, 1.165) is 40.3 Å². The van der Waals surface area contributed by atoms with Crippen molar-refractivity contribution in [2.45, 2.75) is 19.3 Å². The normalized spacial score (nSPS) is 15.0. The van der Waals surface area contributed by atoms with Crippen molar-refractivity contribution in [3.8, 4) is 11.5 Å². The largest absolute Gasteiger partial charge is 0.454 e. The molecule has 5 heteroatoms. The molecule has 0 fully saturated rings. The van der Waals surface area contributed by atoms with E-state index in [1.165, 1.54) is 24.0 Å². The molecule has 1 aliphatic heterocycles. The lowest BCUT2D eigenvalue weighted by Gasteiger charge is -2.10. The molecule has 114 valence electrons. The van der Waals surface area contributed by atoms with E-state index in [-0.39, 0.29) is 6.79 Å². The van der Waals surface area contributed by atoms with Gasteiger partial charge in [0.05, 0.1) is 5.52 Å². The van der Waals surface area contributed by atoms with Crippen molar-refractivity contribution in [1.29, 1.82) is 0 Å². The lowest BCUT2D eigenvalue weighted by molar-refractivity contribution is 0.174. The molecule has 0 spiro atoms. The molecular weight excluding hydrogens is 290 g/mol. The summed E-state index contributed by atoms with van der Waals surface area (Å²) in [4.78, 5) is 8.73. The number of rotatable bonds is 2. The molecular formula is C18H15N3O2. The zero-order valence-corrected chi connectivity index (χ0v) is 12.5. The Bertz CT molecular complexity index is 924. The minimum absolute atomic E-state index is 0.257. The van der Waals surface area contributed by atoms with Crippen molar-refractivity contribution in [3.05, 3.63) is 47.8 Å². The fourth-order valence-electron chi connectivity index (χ4n) is 3.33. The van der Waals surface area contributed by atoms with Crippen LogP contribution in [-0.4, -0.2) is 16.8 Å². The fraction of sp³-hybridized carbons (Fsp3) is 0.222. The van der Waals surface area contributed by atoms with E-state index < -0.39 is 0 Å². The van der Waals surface area contributed by atoms with E-state index in [9.17, 15) is 0 Å². The monoisotopic (exact) mass is 305 g/mol. The molecule has 0 saturated heterocycles. The molecule has 0 radical (unpaired) electrons. The van der Waals surface area contributed by atoms with E-state index in [4.69, 9.17) is 9.47 Å². The van der Waals surface area contributed by atoms with Gasteiger partial charge in [-0.3, -0.25) is 0 Å². The highest BCUT2D eigenvalue weighted by Crippen LogP contribution is 2.37. The SMILES string of the molecule is c1nc(Nc2ccc3c(c2)CCC3)c2cc3c(cc2n1)OCO3.